The van der Waals surface area contributed by atoms with E-state index in [0.29, 0.717) is 12.4 Å². The first-order valence-electron chi connectivity index (χ1n) is 8.55. The van der Waals surface area contributed by atoms with E-state index in [1.807, 2.05) is 33.9 Å². The summed E-state index contributed by atoms with van der Waals surface area (Å²) in [6.45, 7) is 7.18. The standard InChI is InChI=1S/C17H26N6O2/c1-17(2,3)25-16(24)20-11-6-5-7-23(10-11)14-8-13-12(9-19-14)15(18)21-22(13)4/h8-9,11H,5-7,10H2,1-4H3,(H2,18,21)(H,20,24)/t11-/m1/s1. The molecule has 1 atom stereocenters. The average molecular weight is 346 g/mol. The van der Waals surface area contributed by atoms with E-state index in [2.05, 4.69) is 20.3 Å². The maximum absolute atomic E-state index is 12.0. The predicted octanol–water partition coefficient (Wildman–Crippen LogP) is 2.04. The van der Waals surface area contributed by atoms with Gasteiger partial charge in [0.05, 0.1) is 10.9 Å². The fraction of sp³-hybridized carbons (Fsp3) is 0.588. The van der Waals surface area contributed by atoms with Crippen LogP contribution in [0.5, 0.6) is 0 Å². The van der Waals surface area contributed by atoms with Crippen LogP contribution < -0.4 is 16.0 Å². The number of ether oxygens (including phenoxy) is 1. The van der Waals surface area contributed by atoms with Gasteiger partial charge in [-0.15, -0.1) is 0 Å². The number of fused-ring (bicyclic) bond motifs is 1. The summed E-state index contributed by atoms with van der Waals surface area (Å²) in [5.41, 5.74) is 6.34. The van der Waals surface area contributed by atoms with Crippen molar-refractivity contribution in [2.75, 3.05) is 23.7 Å². The normalized spacial score (nSPS) is 18.4. The van der Waals surface area contributed by atoms with E-state index in [1.54, 1.807) is 10.9 Å². The molecule has 1 aliphatic rings. The van der Waals surface area contributed by atoms with Gasteiger partial charge in [0.25, 0.3) is 0 Å². The molecular weight excluding hydrogens is 320 g/mol. The number of nitrogens with two attached hydrogens (primary N) is 1. The summed E-state index contributed by atoms with van der Waals surface area (Å²) in [5, 5.41) is 8.04. The summed E-state index contributed by atoms with van der Waals surface area (Å²) >= 11 is 0. The second-order valence-electron chi connectivity index (χ2n) is 7.50. The van der Waals surface area contributed by atoms with Crippen molar-refractivity contribution in [2.24, 2.45) is 7.05 Å². The van der Waals surface area contributed by atoms with Crippen LogP contribution in [0.2, 0.25) is 0 Å². The van der Waals surface area contributed by atoms with Gasteiger partial charge in [-0.2, -0.15) is 5.10 Å². The van der Waals surface area contributed by atoms with Crippen molar-refractivity contribution in [1.82, 2.24) is 20.1 Å². The lowest BCUT2D eigenvalue weighted by atomic mass is 10.1. The van der Waals surface area contributed by atoms with Gasteiger partial charge >= 0.3 is 6.09 Å². The van der Waals surface area contributed by atoms with E-state index in [1.165, 1.54) is 0 Å². The minimum Gasteiger partial charge on any atom is -0.444 e. The van der Waals surface area contributed by atoms with Gasteiger partial charge in [0.2, 0.25) is 0 Å². The van der Waals surface area contributed by atoms with Crippen LogP contribution in [-0.2, 0) is 11.8 Å². The van der Waals surface area contributed by atoms with Crippen molar-refractivity contribution in [3.8, 4) is 0 Å². The summed E-state index contributed by atoms with van der Waals surface area (Å²) in [5.74, 6) is 1.35. The Morgan fingerprint density at radius 2 is 2.20 bits per heavy atom. The number of nitrogens with one attached hydrogen (secondary N) is 1. The van der Waals surface area contributed by atoms with Crippen molar-refractivity contribution in [2.45, 2.75) is 45.3 Å². The zero-order chi connectivity index (χ0) is 18.2. The van der Waals surface area contributed by atoms with E-state index >= 15 is 0 Å². The second-order valence-corrected chi connectivity index (χ2v) is 7.50. The van der Waals surface area contributed by atoms with Crippen LogP contribution in [0.4, 0.5) is 16.4 Å². The molecule has 0 bridgehead atoms. The van der Waals surface area contributed by atoms with Crippen LogP contribution in [0, 0.1) is 0 Å². The summed E-state index contributed by atoms with van der Waals surface area (Å²) in [4.78, 5) is 18.7. The first-order valence-corrected chi connectivity index (χ1v) is 8.55. The SMILES string of the molecule is Cn1nc(N)c2cnc(N3CCC[C@@H](NC(=O)OC(C)(C)C)C3)cc21. The molecule has 0 spiro atoms. The Balaban J connectivity index is 1.71. The molecule has 3 heterocycles. The number of piperidine rings is 1. The Morgan fingerprint density at radius 3 is 2.92 bits per heavy atom. The number of carbonyl (C=O) groups is 1. The Kier molecular flexibility index (Phi) is 4.45. The predicted molar refractivity (Wildman–Crippen MR) is 97.5 cm³/mol. The molecule has 25 heavy (non-hydrogen) atoms. The molecule has 8 nitrogen and oxygen atoms in total. The van der Waals surface area contributed by atoms with Crippen molar-refractivity contribution < 1.29 is 9.53 Å². The van der Waals surface area contributed by atoms with Gasteiger partial charge in [0.15, 0.2) is 5.82 Å². The summed E-state index contributed by atoms with van der Waals surface area (Å²) in [7, 11) is 1.87. The number of pyridine rings is 1. The lowest BCUT2D eigenvalue weighted by molar-refractivity contribution is 0.0500. The monoisotopic (exact) mass is 346 g/mol. The zero-order valence-electron chi connectivity index (χ0n) is 15.2. The van der Waals surface area contributed by atoms with Gasteiger partial charge in [-0.3, -0.25) is 4.68 Å². The Labute approximate surface area is 147 Å². The number of amides is 1. The van der Waals surface area contributed by atoms with Gasteiger partial charge in [0, 0.05) is 38.4 Å². The first-order chi connectivity index (χ1) is 11.7. The molecule has 136 valence electrons. The number of rotatable bonds is 2. The lowest BCUT2D eigenvalue weighted by Gasteiger charge is -2.34. The first kappa shape index (κ1) is 17.3. The number of aromatic nitrogens is 3. The van der Waals surface area contributed by atoms with Crippen molar-refractivity contribution in [1.29, 1.82) is 0 Å². The minimum atomic E-state index is -0.496. The van der Waals surface area contributed by atoms with Gasteiger partial charge in [-0.25, -0.2) is 9.78 Å². The van der Waals surface area contributed by atoms with Crippen LogP contribution >= 0.6 is 0 Å². The lowest BCUT2D eigenvalue weighted by Crippen LogP contribution is -2.49. The zero-order valence-corrected chi connectivity index (χ0v) is 15.2. The molecular formula is C17H26N6O2. The van der Waals surface area contributed by atoms with Crippen molar-refractivity contribution >= 4 is 28.6 Å². The Hall–Kier alpha value is -2.51. The molecule has 0 aliphatic carbocycles. The van der Waals surface area contributed by atoms with Crippen LogP contribution in [0.3, 0.4) is 0 Å². The molecule has 0 unspecified atom stereocenters. The maximum Gasteiger partial charge on any atom is 0.407 e. The van der Waals surface area contributed by atoms with E-state index in [9.17, 15) is 4.79 Å². The molecule has 1 amide bonds. The fourth-order valence-corrected chi connectivity index (χ4v) is 3.12. The van der Waals surface area contributed by atoms with E-state index < -0.39 is 5.60 Å². The topological polar surface area (TPSA) is 98.3 Å². The van der Waals surface area contributed by atoms with Crippen molar-refractivity contribution in [3.05, 3.63) is 12.3 Å². The molecule has 1 saturated heterocycles. The number of nitrogen functional groups attached to an aromatic ring is 1. The van der Waals surface area contributed by atoms with Gasteiger partial charge in [0.1, 0.15) is 11.4 Å². The highest BCUT2D eigenvalue weighted by Crippen LogP contribution is 2.25. The molecule has 0 aromatic carbocycles. The summed E-state index contributed by atoms with van der Waals surface area (Å²) < 4.78 is 7.11. The minimum absolute atomic E-state index is 0.0395. The Morgan fingerprint density at radius 1 is 1.44 bits per heavy atom. The van der Waals surface area contributed by atoms with E-state index in [-0.39, 0.29) is 12.1 Å². The van der Waals surface area contributed by atoms with Crippen molar-refractivity contribution in [3.63, 3.8) is 0 Å². The number of alkyl carbamates (subject to hydrolysis) is 1. The number of hydrogen-bond donors (Lipinski definition) is 2. The third kappa shape index (κ3) is 3.94. The van der Waals surface area contributed by atoms with Crippen LogP contribution in [0.1, 0.15) is 33.6 Å². The molecule has 1 aliphatic heterocycles. The Bertz CT molecular complexity index is 779. The highest BCUT2D eigenvalue weighted by Gasteiger charge is 2.25. The smallest absolute Gasteiger partial charge is 0.407 e. The number of anilines is 2. The molecule has 3 rings (SSSR count). The summed E-state index contributed by atoms with van der Waals surface area (Å²) in [6, 6.07) is 2.03. The molecule has 0 saturated carbocycles. The third-order valence-corrected chi connectivity index (χ3v) is 4.22. The average Bonchev–Trinajstić information content (AvgIpc) is 2.80. The summed E-state index contributed by atoms with van der Waals surface area (Å²) in [6.07, 6.45) is 3.30. The van der Waals surface area contributed by atoms with E-state index in [0.717, 1.165) is 36.1 Å². The number of hydrogen-bond acceptors (Lipinski definition) is 6. The second kappa shape index (κ2) is 6.42. The molecule has 1 fully saturated rings. The van der Waals surface area contributed by atoms with Gasteiger partial charge in [-0.05, 0) is 33.6 Å². The third-order valence-electron chi connectivity index (χ3n) is 4.22. The molecule has 0 radical (unpaired) electrons. The maximum atomic E-state index is 12.0. The molecule has 2 aromatic heterocycles. The van der Waals surface area contributed by atoms with Gasteiger partial charge < -0.3 is 20.7 Å². The highest BCUT2D eigenvalue weighted by atomic mass is 16.6. The number of nitrogens with zero attached hydrogens (tertiary/aromatic N) is 4. The number of aryl methyl sites for hydroxylation is 1. The van der Waals surface area contributed by atoms with Gasteiger partial charge in [-0.1, -0.05) is 0 Å². The van der Waals surface area contributed by atoms with Crippen LogP contribution in [0.25, 0.3) is 10.9 Å². The largest absolute Gasteiger partial charge is 0.444 e. The van der Waals surface area contributed by atoms with Crippen LogP contribution in [0.15, 0.2) is 12.3 Å². The highest BCUT2D eigenvalue weighted by molar-refractivity contribution is 5.89. The quantitative estimate of drug-likeness (QED) is 0.863. The molecule has 3 N–H and O–H groups in total. The van der Waals surface area contributed by atoms with Crippen LogP contribution in [-0.4, -0.2) is 45.6 Å². The fourth-order valence-electron chi connectivity index (χ4n) is 3.12. The number of carbonyl (C=O) groups excluding carboxylic acids is 1. The van der Waals surface area contributed by atoms with E-state index in [4.69, 9.17) is 10.5 Å². The molecule has 2 aromatic rings. The molecule has 8 heteroatoms.